The van der Waals surface area contributed by atoms with Crippen molar-refractivity contribution in [1.82, 2.24) is 4.98 Å². The van der Waals surface area contributed by atoms with Crippen molar-refractivity contribution in [2.45, 2.75) is 51.4 Å². The van der Waals surface area contributed by atoms with Gasteiger partial charge in [-0.2, -0.15) is 0 Å². The molecule has 0 amide bonds. The molecule has 0 N–H and O–H groups in total. The molecule has 1 atom stereocenters. The van der Waals surface area contributed by atoms with Gasteiger partial charge in [0.05, 0.1) is 11.3 Å². The normalized spacial score (nSPS) is 24.5. The highest BCUT2D eigenvalue weighted by Crippen LogP contribution is 2.42. The van der Waals surface area contributed by atoms with Crippen molar-refractivity contribution in [2.75, 3.05) is 0 Å². The molecule has 2 nitrogen and oxygen atoms in total. The van der Waals surface area contributed by atoms with E-state index in [9.17, 15) is 0 Å². The Morgan fingerprint density at radius 2 is 2.19 bits per heavy atom. The second-order valence-electron chi connectivity index (χ2n) is 5.57. The molecular formula is C13H21NOSi. The van der Waals surface area contributed by atoms with Crippen molar-refractivity contribution in [3.8, 4) is 0 Å². The first-order valence-corrected chi connectivity index (χ1v) is 9.52. The molecule has 0 fully saturated rings. The lowest BCUT2D eigenvalue weighted by Crippen LogP contribution is -2.39. The van der Waals surface area contributed by atoms with Gasteiger partial charge in [-0.25, -0.2) is 0 Å². The molecule has 3 heteroatoms. The van der Waals surface area contributed by atoms with Crippen LogP contribution < -0.4 is 0 Å². The van der Waals surface area contributed by atoms with Crippen molar-refractivity contribution < 1.29 is 4.43 Å². The summed E-state index contributed by atoms with van der Waals surface area (Å²) in [5.74, 6) is 0. The Labute approximate surface area is 99.2 Å². The molecule has 0 unspecified atom stereocenters. The lowest BCUT2D eigenvalue weighted by molar-refractivity contribution is 0.0512. The highest BCUT2D eigenvalue weighted by atomic mass is 28.4. The van der Waals surface area contributed by atoms with Crippen LogP contribution in [0.2, 0.25) is 19.6 Å². The molecule has 1 aliphatic rings. The smallest absolute Gasteiger partial charge is 0.185 e. The number of rotatable bonds is 3. The minimum atomic E-state index is -1.52. The van der Waals surface area contributed by atoms with Gasteiger partial charge in [0, 0.05) is 6.20 Å². The van der Waals surface area contributed by atoms with Crippen LogP contribution in [-0.4, -0.2) is 13.3 Å². The Morgan fingerprint density at radius 1 is 1.44 bits per heavy atom. The molecule has 0 saturated carbocycles. The van der Waals surface area contributed by atoms with Gasteiger partial charge >= 0.3 is 0 Å². The van der Waals surface area contributed by atoms with E-state index in [0.29, 0.717) is 0 Å². The molecule has 0 saturated heterocycles. The zero-order chi connectivity index (χ0) is 11.8. The molecule has 0 spiro atoms. The number of fused-ring (bicyclic) bond motifs is 1. The minimum absolute atomic E-state index is 0.0962. The number of aromatic nitrogens is 1. The second kappa shape index (κ2) is 3.97. The summed E-state index contributed by atoms with van der Waals surface area (Å²) in [6, 6.07) is 4.21. The third kappa shape index (κ3) is 2.06. The highest BCUT2D eigenvalue weighted by Gasteiger charge is 2.42. The van der Waals surface area contributed by atoms with Crippen LogP contribution in [0.15, 0.2) is 18.3 Å². The predicted octanol–water partition coefficient (Wildman–Crippen LogP) is 3.48. The van der Waals surface area contributed by atoms with E-state index < -0.39 is 8.32 Å². The van der Waals surface area contributed by atoms with Crippen LogP contribution in [-0.2, 0) is 16.4 Å². The zero-order valence-corrected chi connectivity index (χ0v) is 11.7. The summed E-state index contributed by atoms with van der Waals surface area (Å²) >= 11 is 0. The molecule has 0 aromatic carbocycles. The number of aryl methyl sites for hydroxylation is 1. The topological polar surface area (TPSA) is 22.1 Å². The summed E-state index contributed by atoms with van der Waals surface area (Å²) in [6.07, 6.45) is 5.13. The summed E-state index contributed by atoms with van der Waals surface area (Å²) in [6.45, 7) is 8.98. The van der Waals surface area contributed by atoms with Gasteiger partial charge in [-0.3, -0.25) is 4.98 Å². The maximum atomic E-state index is 6.44. The van der Waals surface area contributed by atoms with E-state index in [1.807, 2.05) is 12.3 Å². The van der Waals surface area contributed by atoms with Gasteiger partial charge in [0.15, 0.2) is 8.32 Å². The predicted molar refractivity (Wildman–Crippen MR) is 69.0 cm³/mol. The van der Waals surface area contributed by atoms with Crippen LogP contribution >= 0.6 is 0 Å². The van der Waals surface area contributed by atoms with Gasteiger partial charge in [0.25, 0.3) is 0 Å². The van der Waals surface area contributed by atoms with Gasteiger partial charge in [-0.15, -0.1) is 0 Å². The largest absolute Gasteiger partial charge is 0.407 e. The standard InChI is InChI=1S/C13H21NOSi/c1-5-13(15-16(2,3)4)9-8-11-7-6-10-14-12(11)13/h6-7,10H,5,8-9H2,1-4H3/t13-/m1/s1. The maximum Gasteiger partial charge on any atom is 0.185 e. The minimum Gasteiger partial charge on any atom is -0.407 e. The third-order valence-corrected chi connectivity index (χ3v) is 4.20. The van der Waals surface area contributed by atoms with Crippen molar-refractivity contribution >= 4 is 8.32 Å². The third-order valence-electron chi connectivity index (χ3n) is 3.19. The highest BCUT2D eigenvalue weighted by molar-refractivity contribution is 6.69. The van der Waals surface area contributed by atoms with Gasteiger partial charge in [-0.05, 0) is 50.5 Å². The van der Waals surface area contributed by atoms with Crippen LogP contribution in [0.3, 0.4) is 0 Å². The fourth-order valence-electron chi connectivity index (χ4n) is 2.61. The van der Waals surface area contributed by atoms with Crippen LogP contribution in [0.5, 0.6) is 0 Å². The van der Waals surface area contributed by atoms with Crippen LogP contribution in [0, 0.1) is 0 Å². The number of nitrogens with zero attached hydrogens (tertiary/aromatic N) is 1. The molecule has 0 bridgehead atoms. The van der Waals surface area contributed by atoms with E-state index in [4.69, 9.17) is 4.43 Å². The zero-order valence-electron chi connectivity index (χ0n) is 10.7. The number of hydrogen-bond acceptors (Lipinski definition) is 2. The summed E-state index contributed by atoms with van der Waals surface area (Å²) in [7, 11) is -1.52. The van der Waals surface area contributed by atoms with Crippen molar-refractivity contribution in [1.29, 1.82) is 0 Å². The summed E-state index contributed by atoms with van der Waals surface area (Å²) in [5, 5.41) is 0. The number of pyridine rings is 1. The van der Waals surface area contributed by atoms with E-state index >= 15 is 0 Å². The fourth-order valence-corrected chi connectivity index (χ4v) is 4.12. The van der Waals surface area contributed by atoms with E-state index in [0.717, 1.165) is 19.3 Å². The Hall–Kier alpha value is -0.673. The summed E-state index contributed by atoms with van der Waals surface area (Å²) in [4.78, 5) is 4.57. The molecule has 88 valence electrons. The Balaban J connectivity index is 2.38. The van der Waals surface area contributed by atoms with Gasteiger partial charge in [0.2, 0.25) is 0 Å². The molecule has 0 aliphatic heterocycles. The average Bonchev–Trinajstić information content (AvgIpc) is 2.57. The first kappa shape index (κ1) is 11.8. The molecule has 2 rings (SSSR count). The molecule has 0 radical (unpaired) electrons. The Morgan fingerprint density at radius 3 is 2.81 bits per heavy atom. The van der Waals surface area contributed by atoms with Gasteiger partial charge in [-0.1, -0.05) is 13.0 Å². The Bertz CT molecular complexity index is 386. The first-order chi connectivity index (χ1) is 7.47. The lowest BCUT2D eigenvalue weighted by atomic mass is 9.98. The summed E-state index contributed by atoms with van der Waals surface area (Å²) in [5.41, 5.74) is 2.48. The quantitative estimate of drug-likeness (QED) is 0.748. The van der Waals surface area contributed by atoms with Crippen LogP contribution in [0.4, 0.5) is 0 Å². The summed E-state index contributed by atoms with van der Waals surface area (Å²) < 4.78 is 6.44. The molecule has 1 aromatic rings. The fraction of sp³-hybridized carbons (Fsp3) is 0.615. The lowest BCUT2D eigenvalue weighted by Gasteiger charge is -2.35. The van der Waals surface area contributed by atoms with Crippen LogP contribution in [0.25, 0.3) is 0 Å². The maximum absolute atomic E-state index is 6.44. The van der Waals surface area contributed by atoms with Crippen molar-refractivity contribution in [3.05, 3.63) is 29.6 Å². The molecule has 1 aliphatic carbocycles. The van der Waals surface area contributed by atoms with Crippen LogP contribution in [0.1, 0.15) is 31.0 Å². The van der Waals surface area contributed by atoms with E-state index in [-0.39, 0.29) is 5.60 Å². The van der Waals surface area contributed by atoms with E-state index in [2.05, 4.69) is 37.6 Å². The second-order valence-corrected chi connectivity index (χ2v) is 10.0. The first-order valence-electron chi connectivity index (χ1n) is 6.11. The van der Waals surface area contributed by atoms with E-state index in [1.54, 1.807) is 0 Å². The molecule has 1 heterocycles. The van der Waals surface area contributed by atoms with E-state index in [1.165, 1.54) is 11.3 Å². The molecule has 16 heavy (non-hydrogen) atoms. The van der Waals surface area contributed by atoms with Crippen molar-refractivity contribution in [3.63, 3.8) is 0 Å². The van der Waals surface area contributed by atoms with Gasteiger partial charge in [0.1, 0.15) is 0 Å². The van der Waals surface area contributed by atoms with Gasteiger partial charge < -0.3 is 4.43 Å². The Kier molecular flexibility index (Phi) is 2.93. The van der Waals surface area contributed by atoms with Crippen molar-refractivity contribution in [2.24, 2.45) is 0 Å². The average molecular weight is 235 g/mol. The SMILES string of the molecule is CC[C@@]1(O[Si](C)(C)C)CCc2cccnc21. The monoisotopic (exact) mass is 235 g/mol. The molecular weight excluding hydrogens is 214 g/mol. The number of hydrogen-bond donors (Lipinski definition) is 0. The molecule has 1 aromatic heterocycles.